The van der Waals surface area contributed by atoms with Crippen molar-refractivity contribution < 1.29 is 13.2 Å². The summed E-state index contributed by atoms with van der Waals surface area (Å²) in [7, 11) is -1.54. The van der Waals surface area contributed by atoms with Crippen molar-refractivity contribution in [3.05, 3.63) is 44.9 Å². The van der Waals surface area contributed by atoms with Crippen LogP contribution < -0.4 is 0 Å². The topological polar surface area (TPSA) is 73.8 Å². The molecule has 0 unspecified atom stereocenters. The van der Waals surface area contributed by atoms with E-state index in [1.165, 1.54) is 27.0 Å². The van der Waals surface area contributed by atoms with E-state index in [0.29, 0.717) is 27.3 Å². The summed E-state index contributed by atoms with van der Waals surface area (Å²) >= 11 is 8.74. The maximum atomic E-state index is 13.1. The molecule has 1 amide bonds. The number of halogens is 1. The van der Waals surface area contributed by atoms with Gasteiger partial charge in [-0.05, 0) is 36.7 Å². The lowest BCUT2D eigenvalue weighted by molar-refractivity contribution is 0.0697. The van der Waals surface area contributed by atoms with Crippen molar-refractivity contribution in [1.82, 2.24) is 19.1 Å². The average molecular weight is 497 g/mol. The Morgan fingerprint density at radius 2 is 1.87 bits per heavy atom. The molecule has 11 heteroatoms. The monoisotopic (exact) mass is 496 g/mol. The van der Waals surface area contributed by atoms with E-state index in [9.17, 15) is 13.2 Å². The van der Waals surface area contributed by atoms with Gasteiger partial charge in [-0.2, -0.15) is 4.31 Å². The molecule has 0 aliphatic carbocycles. The molecule has 7 nitrogen and oxygen atoms in total. The van der Waals surface area contributed by atoms with Crippen molar-refractivity contribution in [2.45, 2.75) is 17.2 Å². The van der Waals surface area contributed by atoms with E-state index in [1.54, 1.807) is 23.1 Å². The first kappa shape index (κ1) is 21.3. The molecular weight excluding hydrogens is 476 g/mol. The molecule has 1 saturated heterocycles. The van der Waals surface area contributed by atoms with Crippen molar-refractivity contribution in [3.63, 3.8) is 0 Å². The van der Waals surface area contributed by atoms with Gasteiger partial charge in [0.15, 0.2) is 5.01 Å². The van der Waals surface area contributed by atoms with Crippen molar-refractivity contribution in [3.8, 4) is 0 Å². The van der Waals surface area contributed by atoms with Crippen LogP contribution >= 0.6 is 34.3 Å². The highest BCUT2D eigenvalue weighted by Gasteiger charge is 2.33. The predicted octanol–water partition coefficient (Wildman–Crippen LogP) is 3.15. The van der Waals surface area contributed by atoms with Gasteiger partial charge in [0.25, 0.3) is 15.9 Å². The summed E-state index contributed by atoms with van der Waals surface area (Å²) in [5, 5.41) is 1.91. The molecule has 0 bridgehead atoms. The summed E-state index contributed by atoms with van der Waals surface area (Å²) in [4.78, 5) is 22.6. The summed E-state index contributed by atoms with van der Waals surface area (Å²) in [5.41, 5.74) is 1.03. The maximum absolute atomic E-state index is 13.1. The number of carbonyl (C=O) groups excluding carboxylic acids is 1. The highest BCUT2D eigenvalue weighted by molar-refractivity contribution is 7.91. The second kappa shape index (κ2) is 8.09. The van der Waals surface area contributed by atoms with E-state index >= 15 is 0 Å². The van der Waals surface area contributed by atoms with Crippen LogP contribution in [0.5, 0.6) is 0 Å². The third-order valence-electron chi connectivity index (χ3n) is 5.68. The first-order valence-corrected chi connectivity index (χ1v) is 13.4. The van der Waals surface area contributed by atoms with Crippen LogP contribution in [0.15, 0.2) is 28.5 Å². The number of hydrogen-bond donors (Lipinski definition) is 0. The first-order chi connectivity index (χ1) is 14.8. The van der Waals surface area contributed by atoms with Gasteiger partial charge in [0.2, 0.25) is 0 Å². The van der Waals surface area contributed by atoms with Gasteiger partial charge in [0, 0.05) is 60.3 Å². The molecule has 31 heavy (non-hydrogen) atoms. The lowest BCUT2D eigenvalue weighted by atomic mass is 10.2. The van der Waals surface area contributed by atoms with Gasteiger partial charge in [-0.25, -0.2) is 13.4 Å². The highest BCUT2D eigenvalue weighted by Crippen LogP contribution is 2.33. The Hall–Kier alpha value is -1.56. The molecule has 0 spiro atoms. The van der Waals surface area contributed by atoms with Gasteiger partial charge in [-0.15, -0.1) is 22.7 Å². The molecule has 164 valence electrons. The van der Waals surface area contributed by atoms with Crippen molar-refractivity contribution >= 4 is 60.3 Å². The second-order valence-corrected chi connectivity index (χ2v) is 12.6. The van der Waals surface area contributed by atoms with Crippen molar-refractivity contribution in [2.75, 3.05) is 39.8 Å². The normalized spacial score (nSPS) is 18.5. The lowest BCUT2D eigenvalue weighted by Gasteiger charge is -2.33. The Labute approximate surface area is 193 Å². The molecule has 3 aromatic rings. The number of piperazine rings is 1. The zero-order chi connectivity index (χ0) is 21.8. The molecule has 2 aliphatic heterocycles. The molecule has 0 saturated carbocycles. The van der Waals surface area contributed by atoms with Gasteiger partial charge in [0.05, 0.1) is 5.69 Å². The minimum atomic E-state index is -3.61. The van der Waals surface area contributed by atoms with Crippen LogP contribution in [0, 0.1) is 0 Å². The van der Waals surface area contributed by atoms with Gasteiger partial charge < -0.3 is 9.80 Å². The van der Waals surface area contributed by atoms with E-state index < -0.39 is 10.0 Å². The number of nitrogens with zero attached hydrogens (tertiary/aromatic N) is 4. The van der Waals surface area contributed by atoms with Crippen LogP contribution in [-0.2, 0) is 23.0 Å². The maximum Gasteiger partial charge on any atom is 0.282 e. The van der Waals surface area contributed by atoms with Crippen molar-refractivity contribution in [1.29, 1.82) is 0 Å². The summed E-state index contributed by atoms with van der Waals surface area (Å²) < 4.78 is 28.9. The molecule has 5 rings (SSSR count). The number of rotatable bonds is 3. The number of thiazole rings is 1. The molecular formula is C20H21ClN4O3S3. The lowest BCUT2D eigenvalue weighted by Crippen LogP contribution is -2.50. The minimum absolute atomic E-state index is 0.101. The molecule has 1 aromatic carbocycles. The SMILES string of the molecule is CN1CCc2nc(C(=O)N3CCN(S(=O)(=O)c4cc5cc(Cl)ccc5s4)CC3)sc2C1. The number of carbonyl (C=O) groups is 1. The molecule has 1 fully saturated rings. The van der Waals surface area contributed by atoms with Crippen LogP contribution in [0.2, 0.25) is 5.02 Å². The van der Waals surface area contributed by atoms with Gasteiger partial charge in [0.1, 0.15) is 4.21 Å². The fourth-order valence-electron chi connectivity index (χ4n) is 3.93. The van der Waals surface area contributed by atoms with Gasteiger partial charge in [-0.1, -0.05) is 11.6 Å². The summed E-state index contributed by atoms with van der Waals surface area (Å²) in [6.45, 7) is 3.04. The zero-order valence-corrected chi connectivity index (χ0v) is 20.1. The molecule has 4 heterocycles. The number of thiophene rings is 1. The first-order valence-electron chi connectivity index (χ1n) is 9.97. The number of sulfonamides is 1. The van der Waals surface area contributed by atoms with E-state index in [1.807, 2.05) is 6.07 Å². The van der Waals surface area contributed by atoms with Gasteiger partial charge >= 0.3 is 0 Å². The van der Waals surface area contributed by atoms with Crippen molar-refractivity contribution in [2.24, 2.45) is 0 Å². The average Bonchev–Trinajstić information content (AvgIpc) is 3.37. The third kappa shape index (κ3) is 4.01. The summed E-state index contributed by atoms with van der Waals surface area (Å²) in [6.07, 6.45) is 0.863. The molecule has 0 N–H and O–H groups in total. The Bertz CT molecular complexity index is 1260. The Morgan fingerprint density at radius 1 is 1.10 bits per heavy atom. The number of likely N-dealkylation sites (N-methyl/N-ethyl adjacent to an activating group) is 1. The number of benzene rings is 1. The van der Waals surface area contributed by atoms with Gasteiger partial charge in [-0.3, -0.25) is 4.79 Å². The predicted molar refractivity (Wildman–Crippen MR) is 124 cm³/mol. The number of amides is 1. The van der Waals surface area contributed by atoms with Crippen LogP contribution in [-0.4, -0.2) is 73.2 Å². The van der Waals surface area contributed by atoms with E-state index in [-0.39, 0.29) is 19.0 Å². The Morgan fingerprint density at radius 3 is 2.65 bits per heavy atom. The smallest absolute Gasteiger partial charge is 0.282 e. The Balaban J connectivity index is 1.28. The molecule has 0 atom stereocenters. The minimum Gasteiger partial charge on any atom is -0.334 e. The fraction of sp³-hybridized carbons (Fsp3) is 0.400. The van der Waals surface area contributed by atoms with E-state index in [4.69, 9.17) is 11.6 Å². The largest absolute Gasteiger partial charge is 0.334 e. The standard InChI is InChI=1S/C20H21ClN4O3S3/c1-23-5-4-15-17(12-23)30-19(22-15)20(26)24-6-8-25(9-7-24)31(27,28)18-11-13-10-14(21)2-3-16(13)29-18/h2-3,10-11H,4-9,12H2,1H3. The van der Waals surface area contributed by atoms with E-state index in [2.05, 4.69) is 16.9 Å². The summed E-state index contributed by atoms with van der Waals surface area (Å²) in [5.74, 6) is -0.101. The third-order valence-corrected chi connectivity index (χ3v) is 10.5. The summed E-state index contributed by atoms with van der Waals surface area (Å²) in [6, 6.07) is 7.04. The van der Waals surface area contributed by atoms with Crippen LogP contribution in [0.3, 0.4) is 0 Å². The quantitative estimate of drug-likeness (QED) is 0.557. The second-order valence-electron chi connectivity index (χ2n) is 7.82. The molecule has 0 radical (unpaired) electrons. The number of fused-ring (bicyclic) bond motifs is 2. The highest BCUT2D eigenvalue weighted by atomic mass is 35.5. The fourth-order valence-corrected chi connectivity index (χ4v) is 8.22. The van der Waals surface area contributed by atoms with Crippen LogP contribution in [0.25, 0.3) is 10.1 Å². The Kier molecular flexibility index (Phi) is 5.56. The molecule has 2 aromatic heterocycles. The number of hydrogen-bond acceptors (Lipinski definition) is 7. The van der Waals surface area contributed by atoms with Crippen LogP contribution in [0.1, 0.15) is 20.4 Å². The van der Waals surface area contributed by atoms with Crippen LogP contribution in [0.4, 0.5) is 0 Å². The number of aromatic nitrogens is 1. The zero-order valence-electron chi connectivity index (χ0n) is 16.9. The van der Waals surface area contributed by atoms with E-state index in [0.717, 1.165) is 40.2 Å². The molecule has 2 aliphatic rings.